The second-order valence-corrected chi connectivity index (χ2v) is 7.66. The molecular weight excluding hydrogens is 284 g/mol. The zero-order valence-electron chi connectivity index (χ0n) is 10.9. The van der Waals surface area contributed by atoms with Crippen molar-refractivity contribution in [3.8, 4) is 5.75 Å². The average molecular weight is 302 g/mol. The zero-order valence-corrected chi connectivity index (χ0v) is 12.6. The molecule has 5 nitrogen and oxygen atoms in total. The standard InChI is InChI=1S/C12H18N2O3S2/c1-8-5-9(7-18-8)14-11-6-10(19(13,15)16)3-4-12(11)17-2/h3-4,6,8-9,14H,5,7H2,1-2H3,(H2,13,15,16). The summed E-state index contributed by atoms with van der Waals surface area (Å²) >= 11 is 1.90. The number of primary sulfonamides is 1. The predicted molar refractivity (Wildman–Crippen MR) is 78.3 cm³/mol. The minimum atomic E-state index is -3.70. The normalized spacial score (nSPS) is 23.3. The summed E-state index contributed by atoms with van der Waals surface area (Å²) in [6.07, 6.45) is 1.05. The highest BCUT2D eigenvalue weighted by molar-refractivity contribution is 8.00. The van der Waals surface area contributed by atoms with Crippen LogP contribution in [0.2, 0.25) is 0 Å². The lowest BCUT2D eigenvalue weighted by molar-refractivity contribution is 0.415. The van der Waals surface area contributed by atoms with Gasteiger partial charge in [0.05, 0.1) is 17.7 Å². The van der Waals surface area contributed by atoms with Gasteiger partial charge in [0.25, 0.3) is 0 Å². The van der Waals surface area contributed by atoms with Gasteiger partial charge in [-0.15, -0.1) is 0 Å². The summed E-state index contributed by atoms with van der Waals surface area (Å²) in [5.41, 5.74) is 0.675. The maximum atomic E-state index is 11.4. The summed E-state index contributed by atoms with van der Waals surface area (Å²) in [6, 6.07) is 4.92. The molecule has 0 aliphatic carbocycles. The van der Waals surface area contributed by atoms with E-state index in [4.69, 9.17) is 9.88 Å². The first kappa shape index (κ1) is 14.5. The lowest BCUT2D eigenvalue weighted by Gasteiger charge is -2.17. The van der Waals surface area contributed by atoms with Crippen molar-refractivity contribution in [1.82, 2.24) is 0 Å². The summed E-state index contributed by atoms with van der Waals surface area (Å²) in [6.45, 7) is 2.18. The number of nitrogens with two attached hydrogens (primary N) is 1. The molecule has 7 heteroatoms. The van der Waals surface area contributed by atoms with Crippen LogP contribution in [-0.2, 0) is 10.0 Å². The number of sulfonamides is 1. The van der Waals surface area contributed by atoms with E-state index in [1.165, 1.54) is 12.1 Å². The van der Waals surface area contributed by atoms with E-state index in [1.807, 2.05) is 11.8 Å². The van der Waals surface area contributed by atoms with E-state index in [-0.39, 0.29) is 4.90 Å². The molecule has 1 aliphatic heterocycles. The lowest BCUT2D eigenvalue weighted by Crippen LogP contribution is -2.20. The van der Waals surface area contributed by atoms with Crippen molar-refractivity contribution >= 4 is 27.5 Å². The van der Waals surface area contributed by atoms with E-state index in [9.17, 15) is 8.42 Å². The molecule has 2 unspecified atom stereocenters. The minimum absolute atomic E-state index is 0.0921. The fourth-order valence-corrected chi connectivity index (χ4v) is 3.80. The van der Waals surface area contributed by atoms with E-state index in [2.05, 4.69) is 12.2 Å². The smallest absolute Gasteiger partial charge is 0.238 e. The molecule has 1 aromatic rings. The van der Waals surface area contributed by atoms with Crippen LogP contribution in [0.4, 0.5) is 5.69 Å². The van der Waals surface area contributed by atoms with Gasteiger partial charge in [-0.3, -0.25) is 0 Å². The highest BCUT2D eigenvalue weighted by Crippen LogP contribution is 2.32. The van der Waals surface area contributed by atoms with Crippen LogP contribution in [-0.4, -0.2) is 32.6 Å². The molecular formula is C12H18N2O3S2. The summed E-state index contributed by atoms with van der Waals surface area (Å²) in [7, 11) is -2.14. The number of benzene rings is 1. The Balaban J connectivity index is 2.26. The Kier molecular flexibility index (Phi) is 4.27. The van der Waals surface area contributed by atoms with Crippen LogP contribution < -0.4 is 15.2 Å². The van der Waals surface area contributed by atoms with Crippen molar-refractivity contribution in [3.05, 3.63) is 18.2 Å². The third-order valence-electron chi connectivity index (χ3n) is 3.06. The minimum Gasteiger partial charge on any atom is -0.495 e. The quantitative estimate of drug-likeness (QED) is 0.884. The van der Waals surface area contributed by atoms with Crippen molar-refractivity contribution in [2.45, 2.75) is 29.5 Å². The van der Waals surface area contributed by atoms with Gasteiger partial charge in [0.1, 0.15) is 5.75 Å². The van der Waals surface area contributed by atoms with E-state index in [1.54, 1.807) is 13.2 Å². The first-order valence-electron chi connectivity index (χ1n) is 5.99. The van der Waals surface area contributed by atoms with Gasteiger partial charge in [-0.05, 0) is 24.6 Å². The number of anilines is 1. The van der Waals surface area contributed by atoms with Gasteiger partial charge in [0.2, 0.25) is 10.0 Å². The van der Waals surface area contributed by atoms with Gasteiger partial charge in [-0.1, -0.05) is 6.92 Å². The molecule has 2 atom stereocenters. The van der Waals surface area contributed by atoms with Crippen LogP contribution in [0.3, 0.4) is 0 Å². The van der Waals surface area contributed by atoms with Gasteiger partial charge in [-0.25, -0.2) is 13.6 Å². The van der Waals surface area contributed by atoms with Gasteiger partial charge in [-0.2, -0.15) is 11.8 Å². The van der Waals surface area contributed by atoms with Crippen LogP contribution in [0.25, 0.3) is 0 Å². The van der Waals surface area contributed by atoms with Gasteiger partial charge >= 0.3 is 0 Å². The molecule has 3 N–H and O–H groups in total. The van der Waals surface area contributed by atoms with Crippen molar-refractivity contribution in [3.63, 3.8) is 0 Å². The van der Waals surface area contributed by atoms with E-state index >= 15 is 0 Å². The topological polar surface area (TPSA) is 81.4 Å². The monoisotopic (exact) mass is 302 g/mol. The number of thioether (sulfide) groups is 1. The third-order valence-corrected chi connectivity index (χ3v) is 5.32. The first-order chi connectivity index (χ1) is 8.90. The predicted octanol–water partition coefficient (Wildman–Crippen LogP) is 1.65. The molecule has 1 heterocycles. The van der Waals surface area contributed by atoms with Crippen LogP contribution in [0.1, 0.15) is 13.3 Å². The fourth-order valence-electron chi connectivity index (χ4n) is 2.11. The maximum absolute atomic E-state index is 11.4. The lowest BCUT2D eigenvalue weighted by atomic mass is 10.2. The van der Waals surface area contributed by atoms with Gasteiger partial charge < -0.3 is 10.1 Å². The second kappa shape index (κ2) is 5.60. The molecule has 2 rings (SSSR count). The Morgan fingerprint density at radius 2 is 2.21 bits per heavy atom. The molecule has 0 aromatic heterocycles. The van der Waals surface area contributed by atoms with Crippen molar-refractivity contribution < 1.29 is 13.2 Å². The van der Waals surface area contributed by atoms with Crippen molar-refractivity contribution in [1.29, 1.82) is 0 Å². The summed E-state index contributed by atoms with van der Waals surface area (Å²) in [5, 5.41) is 9.10. The second-order valence-electron chi connectivity index (χ2n) is 4.63. The molecule has 1 saturated heterocycles. The highest BCUT2D eigenvalue weighted by atomic mass is 32.2. The largest absolute Gasteiger partial charge is 0.495 e. The zero-order chi connectivity index (χ0) is 14.0. The molecule has 1 aromatic carbocycles. The Labute approximate surface area is 118 Å². The highest BCUT2D eigenvalue weighted by Gasteiger charge is 2.23. The SMILES string of the molecule is COc1ccc(S(N)(=O)=O)cc1NC1CSC(C)C1. The summed E-state index contributed by atoms with van der Waals surface area (Å²) in [5.74, 6) is 1.63. The van der Waals surface area contributed by atoms with E-state index in [0.29, 0.717) is 22.7 Å². The molecule has 19 heavy (non-hydrogen) atoms. The fraction of sp³-hybridized carbons (Fsp3) is 0.500. The molecule has 1 aliphatic rings. The van der Waals surface area contributed by atoms with Crippen LogP contribution in [0.5, 0.6) is 5.75 Å². The maximum Gasteiger partial charge on any atom is 0.238 e. The molecule has 0 amide bonds. The average Bonchev–Trinajstić information content (AvgIpc) is 2.73. The van der Waals surface area contributed by atoms with Crippen LogP contribution >= 0.6 is 11.8 Å². The number of hydrogen-bond donors (Lipinski definition) is 2. The number of rotatable bonds is 4. The Hall–Kier alpha value is -0.920. The summed E-state index contributed by atoms with van der Waals surface area (Å²) in [4.78, 5) is 0.0921. The van der Waals surface area contributed by atoms with Gasteiger partial charge in [0.15, 0.2) is 0 Å². The molecule has 0 bridgehead atoms. The molecule has 0 radical (unpaired) electrons. The Morgan fingerprint density at radius 3 is 2.74 bits per heavy atom. The molecule has 1 fully saturated rings. The number of methoxy groups -OCH3 is 1. The van der Waals surface area contributed by atoms with Crippen LogP contribution in [0.15, 0.2) is 23.1 Å². The molecule has 0 saturated carbocycles. The first-order valence-corrected chi connectivity index (χ1v) is 8.58. The van der Waals surface area contributed by atoms with Crippen molar-refractivity contribution in [2.24, 2.45) is 5.14 Å². The Morgan fingerprint density at radius 1 is 1.47 bits per heavy atom. The number of nitrogens with one attached hydrogen (secondary N) is 1. The van der Waals surface area contributed by atoms with E-state index < -0.39 is 10.0 Å². The van der Waals surface area contributed by atoms with Gasteiger partial charge in [0, 0.05) is 17.0 Å². The summed E-state index contributed by atoms with van der Waals surface area (Å²) < 4.78 is 28.0. The number of hydrogen-bond acceptors (Lipinski definition) is 5. The number of ether oxygens (including phenoxy) is 1. The molecule has 0 spiro atoms. The van der Waals surface area contributed by atoms with E-state index in [0.717, 1.165) is 12.2 Å². The third kappa shape index (κ3) is 3.55. The van der Waals surface area contributed by atoms with Crippen molar-refractivity contribution in [2.75, 3.05) is 18.2 Å². The Bertz CT molecular complexity index is 560. The van der Waals surface area contributed by atoms with Crippen LogP contribution in [0, 0.1) is 0 Å². The molecule has 106 valence electrons.